The standard InChI is InChI=1S/C17H13ClF2N2/c1-11-10-21-22(18)17(15(11)12-6-3-2-4-7-12)16-13(19)8-5-9-14(16)20/h2-10,21H,1H3. The lowest BCUT2D eigenvalue weighted by Crippen LogP contribution is -2.29. The van der Waals surface area contributed by atoms with Crippen LogP contribution in [-0.2, 0) is 0 Å². The van der Waals surface area contributed by atoms with Crippen molar-refractivity contribution in [2.24, 2.45) is 0 Å². The third-order valence-corrected chi connectivity index (χ3v) is 3.75. The highest BCUT2D eigenvalue weighted by atomic mass is 35.5. The lowest BCUT2D eigenvalue weighted by atomic mass is 9.93. The van der Waals surface area contributed by atoms with Crippen LogP contribution in [0.3, 0.4) is 0 Å². The van der Waals surface area contributed by atoms with E-state index in [0.29, 0.717) is 5.57 Å². The molecule has 0 saturated heterocycles. The van der Waals surface area contributed by atoms with Crippen LogP contribution in [0.15, 0.2) is 60.3 Å². The molecule has 22 heavy (non-hydrogen) atoms. The molecule has 0 radical (unpaired) electrons. The van der Waals surface area contributed by atoms with Crippen molar-refractivity contribution in [3.63, 3.8) is 0 Å². The van der Waals surface area contributed by atoms with Gasteiger partial charge in [-0.2, -0.15) is 4.53 Å². The lowest BCUT2D eigenvalue weighted by molar-refractivity contribution is 0.516. The summed E-state index contributed by atoms with van der Waals surface area (Å²) in [6.07, 6.45) is 1.69. The molecule has 5 heteroatoms. The number of nitrogens with one attached hydrogen (secondary N) is 1. The Balaban J connectivity index is 2.33. The third kappa shape index (κ3) is 2.46. The van der Waals surface area contributed by atoms with Gasteiger partial charge in [0.2, 0.25) is 0 Å². The van der Waals surface area contributed by atoms with Gasteiger partial charge >= 0.3 is 0 Å². The number of benzene rings is 2. The van der Waals surface area contributed by atoms with Crippen molar-refractivity contribution in [3.8, 4) is 0 Å². The Morgan fingerprint density at radius 3 is 2.23 bits per heavy atom. The first-order valence-electron chi connectivity index (χ1n) is 6.73. The predicted octanol–water partition coefficient (Wildman–Crippen LogP) is 4.71. The first-order chi connectivity index (χ1) is 10.6. The maximum Gasteiger partial charge on any atom is 0.135 e. The summed E-state index contributed by atoms with van der Waals surface area (Å²) >= 11 is 6.16. The van der Waals surface area contributed by atoms with Crippen LogP contribution in [-0.4, -0.2) is 4.53 Å². The van der Waals surface area contributed by atoms with E-state index in [-0.39, 0.29) is 11.3 Å². The molecule has 112 valence electrons. The molecule has 0 atom stereocenters. The highest BCUT2D eigenvalue weighted by Crippen LogP contribution is 2.38. The molecule has 0 bridgehead atoms. The topological polar surface area (TPSA) is 15.3 Å². The first kappa shape index (κ1) is 14.6. The van der Waals surface area contributed by atoms with Crippen LogP contribution in [0, 0.1) is 11.6 Å². The summed E-state index contributed by atoms with van der Waals surface area (Å²) in [7, 11) is 0. The number of hydrogen-bond acceptors (Lipinski definition) is 2. The molecular weight excluding hydrogens is 306 g/mol. The molecule has 0 unspecified atom stereocenters. The second kappa shape index (κ2) is 5.81. The Morgan fingerprint density at radius 1 is 0.955 bits per heavy atom. The minimum absolute atomic E-state index is 0.156. The number of halogens is 3. The van der Waals surface area contributed by atoms with Crippen molar-refractivity contribution in [2.45, 2.75) is 6.92 Å². The molecule has 2 nitrogen and oxygen atoms in total. The maximum atomic E-state index is 14.2. The average Bonchev–Trinajstić information content (AvgIpc) is 2.51. The zero-order valence-electron chi connectivity index (χ0n) is 11.8. The van der Waals surface area contributed by atoms with Crippen molar-refractivity contribution in [1.29, 1.82) is 0 Å². The molecule has 2 aromatic carbocycles. The SMILES string of the molecule is CC1=CNN(Cl)C(c2c(F)cccc2F)=C1c1ccccc1. The summed E-state index contributed by atoms with van der Waals surface area (Å²) in [6, 6.07) is 13.1. The van der Waals surface area contributed by atoms with Crippen LogP contribution in [0.5, 0.6) is 0 Å². The quantitative estimate of drug-likeness (QED) is 0.807. The van der Waals surface area contributed by atoms with Gasteiger partial charge in [-0.1, -0.05) is 36.4 Å². The van der Waals surface area contributed by atoms with Gasteiger partial charge in [0.1, 0.15) is 11.6 Å². The Hall–Kier alpha value is -2.33. The van der Waals surface area contributed by atoms with E-state index < -0.39 is 11.6 Å². The third-order valence-electron chi connectivity index (χ3n) is 3.48. The van der Waals surface area contributed by atoms with E-state index >= 15 is 0 Å². The molecule has 0 aliphatic carbocycles. The molecule has 0 fully saturated rings. The van der Waals surface area contributed by atoms with Crippen LogP contribution < -0.4 is 5.43 Å². The molecule has 0 amide bonds. The van der Waals surface area contributed by atoms with Crippen LogP contribution in [0.1, 0.15) is 18.1 Å². The number of hydrazine groups is 1. The predicted molar refractivity (Wildman–Crippen MR) is 84.2 cm³/mol. The summed E-state index contributed by atoms with van der Waals surface area (Å²) in [5, 5.41) is 0. The Kier molecular flexibility index (Phi) is 3.86. The zero-order chi connectivity index (χ0) is 15.7. The number of hydrogen-bond donors (Lipinski definition) is 1. The van der Waals surface area contributed by atoms with E-state index in [2.05, 4.69) is 5.43 Å². The van der Waals surface area contributed by atoms with E-state index in [1.165, 1.54) is 18.2 Å². The van der Waals surface area contributed by atoms with Crippen molar-refractivity contribution in [1.82, 2.24) is 9.95 Å². The van der Waals surface area contributed by atoms with Crippen molar-refractivity contribution >= 4 is 23.0 Å². The van der Waals surface area contributed by atoms with Gasteiger partial charge in [-0.3, -0.25) is 5.43 Å². The van der Waals surface area contributed by atoms with Gasteiger partial charge in [0.25, 0.3) is 0 Å². The highest BCUT2D eigenvalue weighted by molar-refractivity contribution is 6.20. The second-order valence-corrected chi connectivity index (χ2v) is 5.26. The minimum Gasteiger partial charge on any atom is -0.291 e. The van der Waals surface area contributed by atoms with Crippen LogP contribution >= 0.6 is 11.8 Å². The van der Waals surface area contributed by atoms with E-state index in [0.717, 1.165) is 15.7 Å². The molecule has 3 rings (SSSR count). The molecule has 0 spiro atoms. The number of nitrogens with zero attached hydrogens (tertiary/aromatic N) is 1. The molecule has 1 aliphatic rings. The summed E-state index contributed by atoms with van der Waals surface area (Å²) in [6.45, 7) is 1.86. The zero-order valence-corrected chi connectivity index (χ0v) is 12.5. The van der Waals surface area contributed by atoms with E-state index in [4.69, 9.17) is 11.8 Å². The fraction of sp³-hybridized carbons (Fsp3) is 0.0588. The molecule has 2 aromatic rings. The molecule has 1 N–H and O–H groups in total. The van der Waals surface area contributed by atoms with E-state index in [1.54, 1.807) is 6.20 Å². The Labute approximate surface area is 132 Å². The summed E-state index contributed by atoms with van der Waals surface area (Å²) in [5.74, 6) is -1.32. The largest absolute Gasteiger partial charge is 0.291 e. The van der Waals surface area contributed by atoms with Crippen molar-refractivity contribution < 1.29 is 8.78 Å². The second-order valence-electron chi connectivity index (χ2n) is 4.92. The van der Waals surface area contributed by atoms with Gasteiger partial charge in [-0.25, -0.2) is 8.78 Å². The normalized spacial score (nSPS) is 14.7. The first-order valence-corrected chi connectivity index (χ1v) is 7.06. The van der Waals surface area contributed by atoms with Gasteiger partial charge in [0.05, 0.1) is 11.3 Å². The Bertz CT molecular complexity index is 749. The molecule has 0 saturated carbocycles. The van der Waals surface area contributed by atoms with Gasteiger partial charge in [0.15, 0.2) is 0 Å². The van der Waals surface area contributed by atoms with Crippen LogP contribution in [0.4, 0.5) is 8.78 Å². The van der Waals surface area contributed by atoms with Gasteiger partial charge in [0, 0.05) is 23.5 Å². The van der Waals surface area contributed by atoms with E-state index in [9.17, 15) is 8.78 Å². The number of rotatable bonds is 2. The fourth-order valence-electron chi connectivity index (χ4n) is 2.49. The minimum atomic E-state index is -0.661. The average molecular weight is 319 g/mol. The summed E-state index contributed by atoms with van der Waals surface area (Å²) < 4.78 is 29.5. The number of allylic oxidation sites excluding steroid dienone is 2. The summed E-state index contributed by atoms with van der Waals surface area (Å²) in [5.41, 5.74) is 5.22. The monoisotopic (exact) mass is 318 g/mol. The maximum absolute atomic E-state index is 14.2. The molecule has 1 heterocycles. The molecular formula is C17H13ClF2N2. The van der Waals surface area contributed by atoms with E-state index in [1.807, 2.05) is 37.3 Å². The molecule has 0 aromatic heterocycles. The van der Waals surface area contributed by atoms with Crippen molar-refractivity contribution in [3.05, 3.63) is 83.1 Å². The van der Waals surface area contributed by atoms with Crippen LogP contribution in [0.2, 0.25) is 0 Å². The smallest absolute Gasteiger partial charge is 0.135 e. The van der Waals surface area contributed by atoms with Gasteiger partial charge < -0.3 is 0 Å². The summed E-state index contributed by atoms with van der Waals surface area (Å²) in [4.78, 5) is 0. The molecule has 1 aliphatic heterocycles. The fourth-order valence-corrected chi connectivity index (χ4v) is 2.71. The van der Waals surface area contributed by atoms with Gasteiger partial charge in [-0.15, -0.1) is 0 Å². The lowest BCUT2D eigenvalue weighted by Gasteiger charge is -2.28. The van der Waals surface area contributed by atoms with Gasteiger partial charge in [-0.05, 0) is 30.2 Å². The Morgan fingerprint density at radius 2 is 1.59 bits per heavy atom. The van der Waals surface area contributed by atoms with Crippen molar-refractivity contribution in [2.75, 3.05) is 0 Å². The highest BCUT2D eigenvalue weighted by Gasteiger charge is 2.26. The van der Waals surface area contributed by atoms with Crippen LogP contribution in [0.25, 0.3) is 11.3 Å².